The van der Waals surface area contributed by atoms with Gasteiger partial charge in [0.2, 0.25) is 0 Å². The van der Waals surface area contributed by atoms with Gasteiger partial charge in [-0.15, -0.1) is 0 Å². The Morgan fingerprint density at radius 3 is 2.82 bits per heavy atom. The molecule has 1 atom stereocenters. The zero-order chi connectivity index (χ0) is 15.1. The monoisotopic (exact) mass is 300 g/mol. The van der Waals surface area contributed by atoms with Crippen molar-refractivity contribution in [3.8, 4) is 0 Å². The fourth-order valence-electron chi connectivity index (χ4n) is 4.25. The number of Topliss-reactive ketones (excluding diaryl/α,β-unsaturated/α-hetero) is 1. The molecule has 4 rings (SSSR count). The van der Waals surface area contributed by atoms with Gasteiger partial charge in [-0.25, -0.2) is 0 Å². The molecule has 3 heterocycles. The normalized spacial score (nSPS) is 27.5. The van der Waals surface area contributed by atoms with Crippen molar-refractivity contribution in [3.05, 3.63) is 22.7 Å². The molecule has 0 amide bonds. The average Bonchev–Trinajstić information content (AvgIpc) is 3.19. The molecule has 0 radical (unpaired) electrons. The molecule has 1 saturated heterocycles. The average molecular weight is 300 g/mol. The molecule has 2 N–H and O–H groups in total. The number of hydrogen-bond acceptors (Lipinski definition) is 5. The van der Waals surface area contributed by atoms with Crippen LogP contribution in [0.2, 0.25) is 0 Å². The Morgan fingerprint density at radius 1 is 1.23 bits per heavy atom. The van der Waals surface area contributed by atoms with Crippen LogP contribution in [-0.4, -0.2) is 42.7 Å². The molecule has 1 fully saturated rings. The largest absolute Gasteiger partial charge is 0.370 e. The van der Waals surface area contributed by atoms with Gasteiger partial charge in [0.25, 0.3) is 0 Å². The molecule has 0 aromatic carbocycles. The second-order valence-corrected chi connectivity index (χ2v) is 6.48. The third-order valence-corrected chi connectivity index (χ3v) is 5.11. The highest BCUT2D eigenvalue weighted by Crippen LogP contribution is 2.43. The van der Waals surface area contributed by atoms with Gasteiger partial charge in [0.1, 0.15) is 11.7 Å². The van der Waals surface area contributed by atoms with Crippen LogP contribution in [-0.2, 0) is 4.79 Å². The number of nitrogens with one attached hydrogen (secondary N) is 2. The van der Waals surface area contributed by atoms with E-state index in [1.165, 1.54) is 11.3 Å². The van der Waals surface area contributed by atoms with Crippen LogP contribution in [0.4, 0.5) is 0 Å². The minimum absolute atomic E-state index is 0.217. The maximum atomic E-state index is 12.7. The molecule has 1 aliphatic carbocycles. The number of fused-ring (bicyclic) bond motifs is 2. The standard InChI is InChI=1S/C17H24N4O/c1-2-4-11-14-12(5-3-6-13(14)22)21-10-9-20-17(21)15(11)16-18-7-8-19-16/h11,18-19H,2-10H2,1H3. The lowest BCUT2D eigenvalue weighted by atomic mass is 9.76. The van der Waals surface area contributed by atoms with Gasteiger partial charge in [-0.05, 0) is 19.3 Å². The van der Waals surface area contributed by atoms with E-state index in [2.05, 4.69) is 22.5 Å². The Balaban J connectivity index is 1.89. The number of amidine groups is 1. The molecule has 22 heavy (non-hydrogen) atoms. The Labute approximate surface area is 131 Å². The molecule has 3 aliphatic heterocycles. The molecule has 118 valence electrons. The van der Waals surface area contributed by atoms with Crippen molar-refractivity contribution < 1.29 is 4.79 Å². The number of aliphatic imine (C=N–C) groups is 1. The van der Waals surface area contributed by atoms with Gasteiger partial charge < -0.3 is 15.5 Å². The fraction of sp³-hybridized carbons (Fsp3) is 0.647. The van der Waals surface area contributed by atoms with E-state index < -0.39 is 0 Å². The molecular formula is C17H24N4O. The summed E-state index contributed by atoms with van der Waals surface area (Å²) >= 11 is 0. The zero-order valence-corrected chi connectivity index (χ0v) is 13.2. The second-order valence-electron chi connectivity index (χ2n) is 6.48. The Hall–Kier alpha value is -1.78. The van der Waals surface area contributed by atoms with Crippen LogP contribution in [0.3, 0.4) is 0 Å². The summed E-state index contributed by atoms with van der Waals surface area (Å²) in [5.41, 5.74) is 3.60. The SMILES string of the molecule is CCCC1C(=C2NCCN2)C2=NCCN2C2=C1C(=O)CCC2. The molecule has 5 nitrogen and oxygen atoms in total. The highest BCUT2D eigenvalue weighted by molar-refractivity contribution is 6.09. The second kappa shape index (κ2) is 5.45. The minimum Gasteiger partial charge on any atom is -0.370 e. The molecule has 1 unspecified atom stereocenters. The molecule has 4 aliphatic rings. The van der Waals surface area contributed by atoms with E-state index in [9.17, 15) is 4.79 Å². The van der Waals surface area contributed by atoms with Gasteiger partial charge in [-0.3, -0.25) is 9.79 Å². The summed E-state index contributed by atoms with van der Waals surface area (Å²) < 4.78 is 0. The number of rotatable bonds is 2. The fourth-order valence-corrected chi connectivity index (χ4v) is 4.25. The molecule has 0 aromatic heterocycles. The number of hydrogen-bond donors (Lipinski definition) is 2. The van der Waals surface area contributed by atoms with Gasteiger partial charge in [-0.2, -0.15) is 0 Å². The van der Waals surface area contributed by atoms with E-state index in [1.807, 2.05) is 0 Å². The van der Waals surface area contributed by atoms with Crippen LogP contribution in [0.5, 0.6) is 0 Å². The van der Waals surface area contributed by atoms with E-state index in [-0.39, 0.29) is 5.92 Å². The molecule has 0 bridgehead atoms. The lowest BCUT2D eigenvalue weighted by Gasteiger charge is -2.40. The van der Waals surface area contributed by atoms with Gasteiger partial charge in [0, 0.05) is 48.8 Å². The third-order valence-electron chi connectivity index (χ3n) is 5.11. The summed E-state index contributed by atoms with van der Waals surface area (Å²) in [4.78, 5) is 19.8. The first-order chi connectivity index (χ1) is 10.8. The van der Waals surface area contributed by atoms with E-state index in [0.717, 1.165) is 69.1 Å². The first-order valence-corrected chi connectivity index (χ1v) is 8.61. The summed E-state index contributed by atoms with van der Waals surface area (Å²) in [6.45, 7) is 5.87. The molecular weight excluding hydrogens is 276 g/mol. The van der Waals surface area contributed by atoms with Gasteiger partial charge >= 0.3 is 0 Å². The van der Waals surface area contributed by atoms with Crippen molar-refractivity contribution in [1.29, 1.82) is 0 Å². The highest BCUT2D eigenvalue weighted by atomic mass is 16.1. The topological polar surface area (TPSA) is 56.7 Å². The van der Waals surface area contributed by atoms with E-state index in [0.29, 0.717) is 12.2 Å². The number of ketones is 1. The Morgan fingerprint density at radius 2 is 2.05 bits per heavy atom. The van der Waals surface area contributed by atoms with Crippen molar-refractivity contribution >= 4 is 11.6 Å². The smallest absolute Gasteiger partial charge is 0.161 e. The maximum absolute atomic E-state index is 12.7. The number of allylic oxidation sites excluding steroid dienone is 2. The number of carbonyl (C=O) groups excluding carboxylic acids is 1. The summed E-state index contributed by atoms with van der Waals surface area (Å²) in [6, 6.07) is 0. The number of carbonyl (C=O) groups is 1. The summed E-state index contributed by atoms with van der Waals surface area (Å²) in [7, 11) is 0. The summed E-state index contributed by atoms with van der Waals surface area (Å²) in [5, 5.41) is 6.93. The minimum atomic E-state index is 0.217. The number of nitrogens with zero attached hydrogens (tertiary/aromatic N) is 2. The van der Waals surface area contributed by atoms with Crippen LogP contribution in [0, 0.1) is 5.92 Å². The quantitative estimate of drug-likeness (QED) is 0.812. The highest BCUT2D eigenvalue weighted by Gasteiger charge is 2.43. The van der Waals surface area contributed by atoms with Gasteiger partial charge in [0.05, 0.1) is 6.54 Å². The van der Waals surface area contributed by atoms with Crippen LogP contribution < -0.4 is 10.6 Å². The maximum Gasteiger partial charge on any atom is 0.161 e. The molecule has 0 spiro atoms. The van der Waals surface area contributed by atoms with Crippen molar-refractivity contribution in [2.75, 3.05) is 26.2 Å². The summed E-state index contributed by atoms with van der Waals surface area (Å²) in [5.74, 6) is 2.80. The van der Waals surface area contributed by atoms with E-state index >= 15 is 0 Å². The van der Waals surface area contributed by atoms with E-state index in [1.54, 1.807) is 0 Å². The summed E-state index contributed by atoms with van der Waals surface area (Å²) in [6.07, 6.45) is 4.84. The van der Waals surface area contributed by atoms with Crippen LogP contribution >= 0.6 is 0 Å². The van der Waals surface area contributed by atoms with Gasteiger partial charge in [0.15, 0.2) is 5.78 Å². The van der Waals surface area contributed by atoms with Crippen molar-refractivity contribution in [3.63, 3.8) is 0 Å². The lowest BCUT2D eigenvalue weighted by molar-refractivity contribution is -0.116. The van der Waals surface area contributed by atoms with Crippen LogP contribution in [0.1, 0.15) is 39.0 Å². The van der Waals surface area contributed by atoms with Crippen molar-refractivity contribution in [1.82, 2.24) is 15.5 Å². The molecule has 0 saturated carbocycles. The third kappa shape index (κ3) is 1.98. The van der Waals surface area contributed by atoms with Gasteiger partial charge in [-0.1, -0.05) is 13.3 Å². The zero-order valence-electron chi connectivity index (χ0n) is 13.2. The van der Waals surface area contributed by atoms with Crippen LogP contribution in [0.25, 0.3) is 0 Å². The predicted molar refractivity (Wildman–Crippen MR) is 86.3 cm³/mol. The Bertz CT molecular complexity index is 594. The Kier molecular flexibility index (Phi) is 3.43. The van der Waals surface area contributed by atoms with Crippen molar-refractivity contribution in [2.24, 2.45) is 10.9 Å². The molecule has 5 heteroatoms. The first-order valence-electron chi connectivity index (χ1n) is 8.61. The lowest BCUT2D eigenvalue weighted by Crippen LogP contribution is -2.42. The molecule has 0 aromatic rings. The van der Waals surface area contributed by atoms with Crippen LogP contribution in [0.15, 0.2) is 27.7 Å². The predicted octanol–water partition coefficient (Wildman–Crippen LogP) is 1.54. The van der Waals surface area contributed by atoms with E-state index in [4.69, 9.17) is 4.99 Å². The van der Waals surface area contributed by atoms with Crippen molar-refractivity contribution in [2.45, 2.75) is 39.0 Å². The first kappa shape index (κ1) is 13.9.